The fraction of sp³-hybridized carbons (Fsp3) is 0.167. The number of benzene rings is 3. The van der Waals surface area contributed by atoms with E-state index in [2.05, 4.69) is 14.8 Å². The summed E-state index contributed by atoms with van der Waals surface area (Å²) in [6.07, 6.45) is 0. The molecule has 0 amide bonds. The van der Waals surface area contributed by atoms with E-state index in [-0.39, 0.29) is 11.6 Å². The van der Waals surface area contributed by atoms with Gasteiger partial charge in [0, 0.05) is 37.3 Å². The van der Waals surface area contributed by atoms with Crippen molar-refractivity contribution >= 4 is 22.4 Å². The van der Waals surface area contributed by atoms with Gasteiger partial charge >= 0.3 is 0 Å². The van der Waals surface area contributed by atoms with Crippen molar-refractivity contribution in [1.29, 1.82) is 0 Å². The summed E-state index contributed by atoms with van der Waals surface area (Å²) in [5.41, 5.74) is 2.20. The molecule has 5 rings (SSSR count). The molecule has 0 spiro atoms. The average Bonchev–Trinajstić information content (AvgIpc) is 2.79. The van der Waals surface area contributed by atoms with E-state index in [0.29, 0.717) is 11.4 Å². The van der Waals surface area contributed by atoms with Crippen LogP contribution >= 0.6 is 0 Å². The lowest BCUT2D eigenvalue weighted by Crippen LogP contribution is -2.47. The average molecular weight is 402 g/mol. The fourth-order valence-corrected chi connectivity index (χ4v) is 3.89. The molecule has 0 aliphatic carbocycles. The van der Waals surface area contributed by atoms with Gasteiger partial charge in [-0.25, -0.2) is 18.7 Å². The van der Waals surface area contributed by atoms with Crippen LogP contribution in [0.5, 0.6) is 0 Å². The maximum atomic E-state index is 14.4. The molecule has 1 aliphatic heterocycles. The van der Waals surface area contributed by atoms with Gasteiger partial charge in [-0.1, -0.05) is 24.3 Å². The van der Waals surface area contributed by atoms with Crippen LogP contribution in [0, 0.1) is 11.6 Å². The lowest BCUT2D eigenvalue weighted by molar-refractivity contribution is 0.624. The van der Waals surface area contributed by atoms with Gasteiger partial charge < -0.3 is 9.80 Å². The van der Waals surface area contributed by atoms with Crippen molar-refractivity contribution < 1.29 is 8.78 Å². The summed E-state index contributed by atoms with van der Waals surface area (Å²) in [5, 5.41) is 0.952. The maximum Gasteiger partial charge on any atom is 0.165 e. The molecule has 4 nitrogen and oxygen atoms in total. The first kappa shape index (κ1) is 18.5. The fourth-order valence-electron chi connectivity index (χ4n) is 3.89. The van der Waals surface area contributed by atoms with Crippen molar-refractivity contribution in [2.75, 3.05) is 36.0 Å². The topological polar surface area (TPSA) is 32.3 Å². The van der Waals surface area contributed by atoms with Gasteiger partial charge in [0.1, 0.15) is 17.5 Å². The highest BCUT2D eigenvalue weighted by Gasteiger charge is 2.22. The van der Waals surface area contributed by atoms with E-state index >= 15 is 0 Å². The Balaban J connectivity index is 1.48. The number of halogens is 2. The first-order valence-electron chi connectivity index (χ1n) is 9.96. The van der Waals surface area contributed by atoms with E-state index in [9.17, 15) is 8.78 Å². The molecule has 150 valence electrons. The van der Waals surface area contributed by atoms with Crippen LogP contribution < -0.4 is 9.80 Å². The van der Waals surface area contributed by atoms with Crippen LogP contribution in [-0.2, 0) is 0 Å². The Morgan fingerprint density at radius 3 is 2.10 bits per heavy atom. The van der Waals surface area contributed by atoms with Gasteiger partial charge in [-0.2, -0.15) is 0 Å². The molecule has 1 aliphatic rings. The van der Waals surface area contributed by atoms with Crippen LogP contribution in [0.2, 0.25) is 0 Å². The van der Waals surface area contributed by atoms with E-state index < -0.39 is 0 Å². The first-order chi connectivity index (χ1) is 14.7. The van der Waals surface area contributed by atoms with E-state index in [1.807, 2.05) is 24.3 Å². The lowest BCUT2D eigenvalue weighted by atomic mass is 10.1. The Hall–Kier alpha value is -3.54. The predicted octanol–water partition coefficient (Wildman–Crippen LogP) is 4.90. The van der Waals surface area contributed by atoms with Crippen molar-refractivity contribution in [2.45, 2.75) is 0 Å². The standard InChI is InChI=1S/C24H20F2N4/c25-17-9-11-18(12-10-17)29-13-15-30(16-14-29)24-20-6-2-4-8-22(20)27-23(28-24)19-5-1-3-7-21(19)26/h1-12H,13-16H2. The van der Waals surface area contributed by atoms with E-state index in [1.54, 1.807) is 30.3 Å². The molecular weight excluding hydrogens is 382 g/mol. The zero-order valence-corrected chi connectivity index (χ0v) is 16.3. The van der Waals surface area contributed by atoms with Gasteiger partial charge in [-0.05, 0) is 48.5 Å². The number of para-hydroxylation sites is 1. The number of anilines is 2. The van der Waals surface area contributed by atoms with E-state index in [4.69, 9.17) is 4.98 Å². The Morgan fingerprint density at radius 2 is 1.33 bits per heavy atom. The highest BCUT2D eigenvalue weighted by molar-refractivity contribution is 5.91. The molecular formula is C24H20F2N4. The highest BCUT2D eigenvalue weighted by Crippen LogP contribution is 2.30. The van der Waals surface area contributed by atoms with E-state index in [0.717, 1.165) is 48.6 Å². The third-order valence-corrected chi connectivity index (χ3v) is 5.47. The molecule has 4 aromatic rings. The third kappa shape index (κ3) is 3.45. The molecule has 0 N–H and O–H groups in total. The minimum absolute atomic E-state index is 0.231. The summed E-state index contributed by atoms with van der Waals surface area (Å²) < 4.78 is 27.6. The summed E-state index contributed by atoms with van der Waals surface area (Å²) in [6.45, 7) is 3.10. The quantitative estimate of drug-likeness (QED) is 0.488. The zero-order valence-electron chi connectivity index (χ0n) is 16.3. The molecule has 0 unspecified atom stereocenters. The largest absolute Gasteiger partial charge is 0.368 e. The number of aromatic nitrogens is 2. The Labute approximate surface area is 173 Å². The molecule has 0 radical (unpaired) electrons. The number of piperazine rings is 1. The number of nitrogens with zero attached hydrogens (tertiary/aromatic N) is 4. The van der Waals surface area contributed by atoms with Crippen LogP contribution in [0.1, 0.15) is 0 Å². The Kier molecular flexibility index (Phi) is 4.75. The molecule has 1 fully saturated rings. The summed E-state index contributed by atoms with van der Waals surface area (Å²) in [6, 6.07) is 21.0. The van der Waals surface area contributed by atoms with Crippen molar-refractivity contribution in [3.63, 3.8) is 0 Å². The third-order valence-electron chi connectivity index (χ3n) is 5.47. The van der Waals surface area contributed by atoms with E-state index in [1.165, 1.54) is 18.2 Å². The number of hydrogen-bond donors (Lipinski definition) is 0. The maximum absolute atomic E-state index is 14.4. The summed E-state index contributed by atoms with van der Waals surface area (Å²) in [7, 11) is 0. The minimum atomic E-state index is -0.333. The molecule has 0 atom stereocenters. The SMILES string of the molecule is Fc1ccc(N2CCN(c3nc(-c4ccccc4F)nc4ccccc34)CC2)cc1. The van der Waals surface area contributed by atoms with Crippen molar-refractivity contribution in [3.05, 3.63) is 84.4 Å². The smallest absolute Gasteiger partial charge is 0.165 e. The zero-order chi connectivity index (χ0) is 20.5. The number of fused-ring (bicyclic) bond motifs is 1. The van der Waals surface area contributed by atoms with Gasteiger partial charge in [0.05, 0.1) is 11.1 Å². The van der Waals surface area contributed by atoms with Gasteiger partial charge in [0.15, 0.2) is 5.82 Å². The molecule has 0 saturated carbocycles. The molecule has 1 saturated heterocycles. The molecule has 3 aromatic carbocycles. The lowest BCUT2D eigenvalue weighted by Gasteiger charge is -2.37. The Morgan fingerprint density at radius 1 is 0.667 bits per heavy atom. The van der Waals surface area contributed by atoms with Gasteiger partial charge in [-0.3, -0.25) is 0 Å². The summed E-state index contributed by atoms with van der Waals surface area (Å²) in [4.78, 5) is 13.8. The molecule has 0 bridgehead atoms. The molecule has 6 heteroatoms. The molecule has 1 aromatic heterocycles. The van der Waals surface area contributed by atoms with Crippen LogP contribution in [0.15, 0.2) is 72.8 Å². The van der Waals surface area contributed by atoms with Crippen molar-refractivity contribution in [3.8, 4) is 11.4 Å². The Bertz CT molecular complexity index is 1190. The van der Waals surface area contributed by atoms with Gasteiger partial charge in [-0.15, -0.1) is 0 Å². The van der Waals surface area contributed by atoms with Crippen molar-refractivity contribution in [2.24, 2.45) is 0 Å². The minimum Gasteiger partial charge on any atom is -0.368 e. The number of rotatable bonds is 3. The number of hydrogen-bond acceptors (Lipinski definition) is 4. The van der Waals surface area contributed by atoms with Crippen molar-refractivity contribution in [1.82, 2.24) is 9.97 Å². The monoisotopic (exact) mass is 402 g/mol. The first-order valence-corrected chi connectivity index (χ1v) is 9.96. The van der Waals surface area contributed by atoms with Crippen LogP contribution in [0.25, 0.3) is 22.3 Å². The van der Waals surface area contributed by atoms with Crippen LogP contribution in [-0.4, -0.2) is 36.1 Å². The van der Waals surface area contributed by atoms with Crippen LogP contribution in [0.3, 0.4) is 0 Å². The van der Waals surface area contributed by atoms with Crippen LogP contribution in [0.4, 0.5) is 20.3 Å². The summed E-state index contributed by atoms with van der Waals surface area (Å²) in [5.74, 6) is 0.644. The second-order valence-corrected chi connectivity index (χ2v) is 7.32. The predicted molar refractivity (Wildman–Crippen MR) is 116 cm³/mol. The summed E-state index contributed by atoms with van der Waals surface area (Å²) >= 11 is 0. The van der Waals surface area contributed by atoms with Gasteiger partial charge in [0.2, 0.25) is 0 Å². The highest BCUT2D eigenvalue weighted by atomic mass is 19.1. The second-order valence-electron chi connectivity index (χ2n) is 7.32. The van der Waals surface area contributed by atoms with Gasteiger partial charge in [0.25, 0.3) is 0 Å². The normalized spacial score (nSPS) is 14.3. The molecule has 2 heterocycles. The molecule has 30 heavy (non-hydrogen) atoms. The second kappa shape index (κ2) is 7.71.